The van der Waals surface area contributed by atoms with Crippen LogP contribution in [0.2, 0.25) is 0 Å². The highest BCUT2D eigenvalue weighted by Crippen LogP contribution is 2.19. The van der Waals surface area contributed by atoms with Crippen molar-refractivity contribution >= 4 is 40.5 Å². The lowest BCUT2D eigenvalue weighted by atomic mass is 10.1. The first-order valence-electron chi connectivity index (χ1n) is 9.88. The number of nitrogens with one attached hydrogen (secondary N) is 1. The first-order valence-corrected chi connectivity index (χ1v) is 9.88. The van der Waals surface area contributed by atoms with Gasteiger partial charge < -0.3 is 32.5 Å². The van der Waals surface area contributed by atoms with Gasteiger partial charge in [0, 0.05) is 18.3 Å². The van der Waals surface area contributed by atoms with E-state index in [1.54, 1.807) is 30.5 Å². The number of hydrogen-bond donors (Lipinski definition) is 5. The van der Waals surface area contributed by atoms with Crippen LogP contribution in [0.3, 0.4) is 0 Å². The van der Waals surface area contributed by atoms with E-state index in [2.05, 4.69) is 25.3 Å². The third kappa shape index (κ3) is 5.35. The Labute approximate surface area is 183 Å². The normalized spacial score (nSPS) is 11.8. The number of carbonyl (C=O) groups excluding carboxylic acids is 1. The van der Waals surface area contributed by atoms with Gasteiger partial charge in [0.1, 0.15) is 6.04 Å². The summed E-state index contributed by atoms with van der Waals surface area (Å²) >= 11 is 0. The molecule has 1 unspecified atom stereocenters. The number of fused-ring (bicyclic) bond motifs is 1. The van der Waals surface area contributed by atoms with E-state index in [-0.39, 0.29) is 18.2 Å². The van der Waals surface area contributed by atoms with Crippen LogP contribution in [-0.2, 0) is 11.3 Å². The van der Waals surface area contributed by atoms with Gasteiger partial charge in [-0.1, -0.05) is 0 Å². The van der Waals surface area contributed by atoms with Crippen LogP contribution in [0.1, 0.15) is 28.9 Å². The van der Waals surface area contributed by atoms with E-state index in [4.69, 9.17) is 17.2 Å². The Balaban J connectivity index is 1.68. The fourth-order valence-electron chi connectivity index (χ4n) is 3.08. The first-order chi connectivity index (χ1) is 15.3. The van der Waals surface area contributed by atoms with Crippen molar-refractivity contribution in [3.8, 4) is 0 Å². The summed E-state index contributed by atoms with van der Waals surface area (Å²) in [5, 5.41) is 11.8. The number of nitrogens with two attached hydrogens (primary N) is 3. The van der Waals surface area contributed by atoms with E-state index in [9.17, 15) is 14.7 Å². The van der Waals surface area contributed by atoms with Gasteiger partial charge in [0.05, 0.1) is 18.4 Å². The second kappa shape index (κ2) is 9.83. The smallest absolute Gasteiger partial charge is 0.326 e. The average molecular weight is 439 g/mol. The number of nitrogen functional groups attached to an aromatic ring is 2. The molecule has 2 aromatic heterocycles. The maximum Gasteiger partial charge on any atom is 0.326 e. The Morgan fingerprint density at radius 3 is 2.53 bits per heavy atom. The molecular formula is C20H25N9O3. The number of aliphatic carboxylic acids is 1. The summed E-state index contributed by atoms with van der Waals surface area (Å²) in [5.74, 6) is -1.36. The summed E-state index contributed by atoms with van der Waals surface area (Å²) in [6, 6.07) is 5.80. The van der Waals surface area contributed by atoms with Crippen molar-refractivity contribution in [3.05, 3.63) is 41.7 Å². The highest BCUT2D eigenvalue weighted by Gasteiger charge is 2.20. The lowest BCUT2D eigenvalue weighted by molar-refractivity contribution is -0.139. The number of nitrogens with zero attached hydrogens (tertiary/aromatic N) is 5. The fraction of sp³-hybridized carbons (Fsp3) is 0.300. The zero-order chi connectivity index (χ0) is 23.3. The molecule has 8 N–H and O–H groups in total. The molecule has 2 heterocycles. The lowest BCUT2D eigenvalue weighted by Crippen LogP contribution is -2.41. The van der Waals surface area contributed by atoms with Gasteiger partial charge in [0.15, 0.2) is 17.0 Å². The van der Waals surface area contributed by atoms with Crippen LogP contribution in [0, 0.1) is 0 Å². The number of rotatable bonds is 9. The minimum atomic E-state index is -1.09. The van der Waals surface area contributed by atoms with Crippen molar-refractivity contribution in [2.45, 2.75) is 25.4 Å². The van der Waals surface area contributed by atoms with Gasteiger partial charge in [-0.15, -0.1) is 0 Å². The Bertz CT molecular complexity index is 1120. The van der Waals surface area contributed by atoms with Gasteiger partial charge in [0.25, 0.3) is 5.91 Å². The number of benzene rings is 1. The van der Waals surface area contributed by atoms with Crippen LogP contribution in [0.5, 0.6) is 0 Å². The molecule has 3 rings (SSSR count). The summed E-state index contributed by atoms with van der Waals surface area (Å²) < 4.78 is 0. The van der Waals surface area contributed by atoms with E-state index in [1.165, 1.54) is 0 Å². The molecule has 12 heteroatoms. The van der Waals surface area contributed by atoms with Crippen LogP contribution in [-0.4, -0.2) is 56.6 Å². The molecule has 1 aromatic carbocycles. The third-order valence-electron chi connectivity index (χ3n) is 4.77. The van der Waals surface area contributed by atoms with Crippen LogP contribution in [0.15, 0.2) is 30.5 Å². The standard InChI is InChI=1S/C20H25N9O3/c1-29(10-12-9-24-17-15(25-12)16(22)27-20(23)28-17)13-6-4-11(5-7-13)18(30)26-14(19(31)32)3-2-8-21/h4-7,9,14H,2-3,8,10,21H2,1H3,(H,26,30)(H,31,32)(H4,22,23,24,27,28). The number of carbonyl (C=O) groups is 2. The zero-order valence-electron chi connectivity index (χ0n) is 17.5. The van der Waals surface area contributed by atoms with E-state index in [0.717, 1.165) is 5.69 Å². The summed E-state index contributed by atoms with van der Waals surface area (Å²) in [7, 11) is 1.86. The molecule has 168 valence electrons. The maximum atomic E-state index is 12.4. The van der Waals surface area contributed by atoms with E-state index >= 15 is 0 Å². The van der Waals surface area contributed by atoms with E-state index in [0.29, 0.717) is 41.9 Å². The number of hydrogen-bond acceptors (Lipinski definition) is 10. The third-order valence-corrected chi connectivity index (χ3v) is 4.77. The first kappa shape index (κ1) is 22.6. The molecule has 12 nitrogen and oxygen atoms in total. The van der Waals surface area contributed by atoms with Gasteiger partial charge in [-0.25, -0.2) is 14.8 Å². The predicted molar refractivity (Wildman–Crippen MR) is 120 cm³/mol. The minimum absolute atomic E-state index is 0.0346. The molecule has 3 aromatic rings. The number of carboxylic acid groups (broad SMARTS) is 1. The second-order valence-corrected chi connectivity index (χ2v) is 7.20. The molecule has 0 aliphatic rings. The molecule has 0 bridgehead atoms. The van der Waals surface area contributed by atoms with Crippen molar-refractivity contribution in [1.82, 2.24) is 25.3 Å². The molecule has 1 amide bonds. The molecule has 1 atom stereocenters. The molecule has 0 saturated heterocycles. The number of aromatic nitrogens is 4. The predicted octanol–water partition coefficient (Wildman–Crippen LogP) is 0.143. The Morgan fingerprint density at radius 2 is 1.88 bits per heavy atom. The molecule has 0 radical (unpaired) electrons. The molecule has 0 spiro atoms. The van der Waals surface area contributed by atoms with E-state index < -0.39 is 17.9 Å². The summed E-state index contributed by atoms with van der Waals surface area (Å²) in [5.41, 5.74) is 19.4. The van der Waals surface area contributed by atoms with Crippen molar-refractivity contribution < 1.29 is 14.7 Å². The fourth-order valence-corrected chi connectivity index (χ4v) is 3.08. The van der Waals surface area contributed by atoms with Gasteiger partial charge in [-0.2, -0.15) is 9.97 Å². The summed E-state index contributed by atoms with van der Waals surface area (Å²) in [6.07, 6.45) is 2.36. The van der Waals surface area contributed by atoms with Gasteiger partial charge in [0.2, 0.25) is 5.95 Å². The monoisotopic (exact) mass is 439 g/mol. The molecule has 32 heavy (non-hydrogen) atoms. The van der Waals surface area contributed by atoms with Gasteiger partial charge >= 0.3 is 5.97 Å². The van der Waals surface area contributed by atoms with Crippen LogP contribution in [0.4, 0.5) is 17.5 Å². The van der Waals surface area contributed by atoms with Crippen molar-refractivity contribution in [1.29, 1.82) is 0 Å². The summed E-state index contributed by atoms with van der Waals surface area (Å²) in [4.78, 5) is 42.2. The Morgan fingerprint density at radius 1 is 1.16 bits per heavy atom. The van der Waals surface area contributed by atoms with Crippen molar-refractivity contribution in [2.75, 3.05) is 30.0 Å². The second-order valence-electron chi connectivity index (χ2n) is 7.20. The highest BCUT2D eigenvalue weighted by molar-refractivity contribution is 5.96. The number of carboxylic acids is 1. The van der Waals surface area contributed by atoms with Crippen LogP contribution >= 0.6 is 0 Å². The van der Waals surface area contributed by atoms with Gasteiger partial charge in [-0.05, 0) is 43.7 Å². The Kier molecular flexibility index (Phi) is 6.95. The van der Waals surface area contributed by atoms with Crippen LogP contribution in [0.25, 0.3) is 11.2 Å². The summed E-state index contributed by atoms with van der Waals surface area (Å²) in [6.45, 7) is 0.772. The molecule has 0 saturated carbocycles. The maximum absolute atomic E-state index is 12.4. The van der Waals surface area contributed by atoms with E-state index in [1.807, 2.05) is 11.9 Å². The van der Waals surface area contributed by atoms with Crippen molar-refractivity contribution in [3.63, 3.8) is 0 Å². The molecule has 0 aliphatic carbocycles. The molecule has 0 fully saturated rings. The largest absolute Gasteiger partial charge is 0.480 e. The van der Waals surface area contributed by atoms with Crippen molar-refractivity contribution in [2.24, 2.45) is 5.73 Å². The molecule has 0 aliphatic heterocycles. The lowest BCUT2D eigenvalue weighted by Gasteiger charge is -2.19. The highest BCUT2D eigenvalue weighted by atomic mass is 16.4. The quantitative estimate of drug-likeness (QED) is 0.304. The topological polar surface area (TPSA) is 199 Å². The average Bonchev–Trinajstić information content (AvgIpc) is 2.76. The minimum Gasteiger partial charge on any atom is -0.480 e. The molecular weight excluding hydrogens is 414 g/mol. The number of anilines is 3. The SMILES string of the molecule is CN(Cc1cnc2nc(N)nc(N)c2n1)c1ccc(C(=O)NC(CCCN)C(=O)O)cc1. The van der Waals surface area contributed by atoms with Crippen LogP contribution < -0.4 is 27.4 Å². The Hall–Kier alpha value is -4.06. The zero-order valence-corrected chi connectivity index (χ0v) is 17.5. The number of amides is 1. The van der Waals surface area contributed by atoms with Gasteiger partial charge in [-0.3, -0.25) is 4.79 Å².